The number of hydrogen-bond donors (Lipinski definition) is 0. The van der Waals surface area contributed by atoms with Gasteiger partial charge in [0.25, 0.3) is 0 Å². The zero-order valence-electron chi connectivity index (χ0n) is 16.1. The lowest BCUT2D eigenvalue weighted by atomic mass is 9.93. The van der Waals surface area contributed by atoms with Gasteiger partial charge < -0.3 is 4.74 Å². The highest BCUT2D eigenvalue weighted by Crippen LogP contribution is 2.35. The van der Waals surface area contributed by atoms with E-state index in [9.17, 15) is 13.2 Å². The summed E-state index contributed by atoms with van der Waals surface area (Å²) in [5.74, 6) is 6.51. The molecule has 2 aromatic carbocycles. The van der Waals surface area contributed by atoms with Crippen LogP contribution in [0.3, 0.4) is 0 Å². The van der Waals surface area contributed by atoms with Crippen molar-refractivity contribution in [3.05, 3.63) is 65.2 Å². The summed E-state index contributed by atoms with van der Waals surface area (Å²) in [6.07, 6.45) is -0.679. The molecule has 0 bridgehead atoms. The molecule has 2 aromatic rings. The van der Waals surface area contributed by atoms with Gasteiger partial charge in [-0.1, -0.05) is 55.5 Å². The Morgan fingerprint density at radius 2 is 1.46 bits per heavy atom. The molecule has 1 aliphatic rings. The molecule has 1 nitrogen and oxygen atoms in total. The highest BCUT2D eigenvalue weighted by molar-refractivity contribution is 6.59. The Hall–Kier alpha value is -2.19. The molecule has 5 heteroatoms. The molecule has 1 heterocycles. The number of rotatable bonds is 4. The predicted octanol–water partition coefficient (Wildman–Crippen LogP) is 6.50. The van der Waals surface area contributed by atoms with Crippen molar-refractivity contribution in [2.75, 3.05) is 0 Å². The number of benzene rings is 2. The maximum Gasteiger partial charge on any atom is 0.573 e. The summed E-state index contributed by atoms with van der Waals surface area (Å²) in [5.41, 5.74) is 2.97. The van der Waals surface area contributed by atoms with Crippen LogP contribution in [-0.4, -0.2) is 15.2 Å². The Morgan fingerprint density at radius 3 is 1.96 bits per heavy atom. The van der Waals surface area contributed by atoms with E-state index >= 15 is 0 Å². The van der Waals surface area contributed by atoms with Gasteiger partial charge >= 0.3 is 6.36 Å². The Balaban J connectivity index is 1.58. The zero-order valence-corrected chi connectivity index (χ0v) is 17.2. The molecule has 1 fully saturated rings. The van der Waals surface area contributed by atoms with Gasteiger partial charge in [0.05, 0.1) is 0 Å². The quantitative estimate of drug-likeness (QED) is 0.419. The van der Waals surface area contributed by atoms with Crippen LogP contribution >= 0.6 is 0 Å². The van der Waals surface area contributed by atoms with Crippen molar-refractivity contribution in [2.45, 2.75) is 56.6 Å². The van der Waals surface area contributed by atoms with E-state index in [0.29, 0.717) is 11.5 Å². The topological polar surface area (TPSA) is 9.23 Å². The minimum atomic E-state index is -4.67. The Bertz CT molecular complexity index is 808. The van der Waals surface area contributed by atoms with Gasteiger partial charge in [-0.25, -0.2) is 0 Å². The van der Waals surface area contributed by atoms with E-state index in [-0.39, 0.29) is 5.75 Å². The molecule has 0 spiro atoms. The van der Waals surface area contributed by atoms with Crippen molar-refractivity contribution in [3.63, 3.8) is 0 Å². The fourth-order valence-electron chi connectivity index (χ4n) is 3.92. The van der Waals surface area contributed by atoms with Crippen LogP contribution in [0, 0.1) is 11.8 Å². The molecular formula is C23H25F3OSi. The van der Waals surface area contributed by atoms with E-state index in [1.807, 2.05) is 12.1 Å². The van der Waals surface area contributed by atoms with Crippen LogP contribution in [0.25, 0.3) is 0 Å². The third-order valence-corrected chi connectivity index (χ3v) is 9.06. The van der Waals surface area contributed by atoms with Crippen LogP contribution in [0.2, 0.25) is 18.1 Å². The summed E-state index contributed by atoms with van der Waals surface area (Å²) < 4.78 is 40.4. The summed E-state index contributed by atoms with van der Waals surface area (Å²) in [5, 5.41) is 0. The van der Waals surface area contributed by atoms with Crippen LogP contribution in [0.1, 0.15) is 48.8 Å². The van der Waals surface area contributed by atoms with Crippen LogP contribution in [0.5, 0.6) is 5.75 Å². The second kappa shape index (κ2) is 9.34. The Morgan fingerprint density at radius 1 is 0.929 bits per heavy atom. The second-order valence-electron chi connectivity index (χ2n) is 7.45. The molecule has 0 N–H and O–H groups in total. The van der Waals surface area contributed by atoms with E-state index in [2.05, 4.69) is 35.6 Å². The first-order valence-electron chi connectivity index (χ1n) is 9.90. The largest absolute Gasteiger partial charge is 0.573 e. The van der Waals surface area contributed by atoms with Crippen LogP contribution < -0.4 is 4.74 Å². The van der Waals surface area contributed by atoms with Crippen molar-refractivity contribution in [1.29, 1.82) is 0 Å². The van der Waals surface area contributed by atoms with Gasteiger partial charge in [0.15, 0.2) is 0 Å². The maximum atomic E-state index is 12.2. The average molecular weight is 403 g/mol. The molecule has 3 rings (SSSR count). The fraction of sp³-hybridized carbons (Fsp3) is 0.391. The summed E-state index contributed by atoms with van der Waals surface area (Å²) in [6.45, 7) is 2.30. The van der Waals surface area contributed by atoms with Crippen molar-refractivity contribution < 1.29 is 17.9 Å². The standard InChI is InChI=1S/C23H25F3OSi/c1-2-15-28-16-13-21(14-17-28)20-9-5-18(6-10-20)3-4-19-7-11-22(12-8-19)27-23(24,25)26/h5-12,21,28H,2,13-17H2,1H3/t21-,28-. The summed E-state index contributed by atoms with van der Waals surface area (Å²) in [4.78, 5) is 0. The molecule has 0 saturated carbocycles. The molecule has 1 saturated heterocycles. The molecule has 0 aromatic heterocycles. The fourth-order valence-corrected chi connectivity index (χ4v) is 7.35. The molecule has 0 atom stereocenters. The minimum Gasteiger partial charge on any atom is -0.406 e. The molecule has 0 radical (unpaired) electrons. The highest BCUT2D eigenvalue weighted by Gasteiger charge is 2.30. The smallest absolute Gasteiger partial charge is 0.406 e. The molecule has 148 valence electrons. The van der Waals surface area contributed by atoms with Crippen LogP contribution in [0.15, 0.2) is 48.5 Å². The normalized spacial score (nSPS) is 19.6. The molecule has 0 amide bonds. The number of halogens is 3. The van der Waals surface area contributed by atoms with E-state index in [0.717, 1.165) is 5.56 Å². The lowest BCUT2D eigenvalue weighted by Gasteiger charge is -2.27. The van der Waals surface area contributed by atoms with Crippen molar-refractivity contribution in [1.82, 2.24) is 0 Å². The average Bonchev–Trinajstić information content (AvgIpc) is 2.68. The first kappa shape index (κ1) is 20.5. The third-order valence-electron chi connectivity index (χ3n) is 5.36. The van der Waals surface area contributed by atoms with Crippen molar-refractivity contribution >= 4 is 8.80 Å². The number of alkyl halides is 3. The van der Waals surface area contributed by atoms with Gasteiger partial charge in [0, 0.05) is 19.9 Å². The van der Waals surface area contributed by atoms with Crippen molar-refractivity contribution in [2.24, 2.45) is 0 Å². The SMILES string of the molecule is CCC[Si@H]1CC[C@H](c2ccc(C#Cc3ccc(OC(F)(F)F)cc3)cc2)CC1. The zero-order chi connectivity index (χ0) is 20.0. The van der Waals surface area contributed by atoms with Gasteiger partial charge in [-0.3, -0.25) is 0 Å². The van der Waals surface area contributed by atoms with Gasteiger partial charge in [0.1, 0.15) is 5.75 Å². The van der Waals surface area contributed by atoms with Gasteiger partial charge in [0.2, 0.25) is 0 Å². The summed E-state index contributed by atoms with van der Waals surface area (Å²) >= 11 is 0. The summed E-state index contributed by atoms with van der Waals surface area (Å²) in [7, 11) is -0.454. The monoisotopic (exact) mass is 402 g/mol. The number of ether oxygens (including phenoxy) is 1. The molecule has 1 aliphatic heterocycles. The van der Waals surface area contributed by atoms with Crippen LogP contribution in [0.4, 0.5) is 13.2 Å². The lowest BCUT2D eigenvalue weighted by Crippen LogP contribution is -2.19. The van der Waals surface area contributed by atoms with E-state index < -0.39 is 15.2 Å². The third kappa shape index (κ3) is 6.17. The van der Waals surface area contributed by atoms with Crippen molar-refractivity contribution in [3.8, 4) is 17.6 Å². The van der Waals surface area contributed by atoms with Gasteiger partial charge in [-0.15, -0.1) is 13.2 Å². The maximum absolute atomic E-state index is 12.2. The first-order chi connectivity index (χ1) is 13.4. The highest BCUT2D eigenvalue weighted by atomic mass is 28.3. The van der Waals surface area contributed by atoms with E-state index in [4.69, 9.17) is 0 Å². The molecule has 0 aliphatic carbocycles. The van der Waals surface area contributed by atoms with E-state index in [1.54, 1.807) is 0 Å². The Kier molecular flexibility index (Phi) is 6.85. The van der Waals surface area contributed by atoms with Crippen LogP contribution in [-0.2, 0) is 0 Å². The van der Waals surface area contributed by atoms with Gasteiger partial charge in [-0.2, -0.15) is 0 Å². The van der Waals surface area contributed by atoms with Gasteiger partial charge in [-0.05, 0) is 60.7 Å². The predicted molar refractivity (Wildman–Crippen MR) is 109 cm³/mol. The lowest BCUT2D eigenvalue weighted by molar-refractivity contribution is -0.274. The minimum absolute atomic E-state index is 0.237. The second-order valence-corrected chi connectivity index (χ2v) is 10.9. The van der Waals surface area contributed by atoms with E-state index in [1.165, 1.54) is 67.2 Å². The Labute approximate surface area is 166 Å². The molecule has 28 heavy (non-hydrogen) atoms. The first-order valence-corrected chi connectivity index (χ1v) is 12.4. The molecular weight excluding hydrogens is 377 g/mol. The number of hydrogen-bond acceptors (Lipinski definition) is 1. The molecule has 0 unspecified atom stereocenters. The summed E-state index contributed by atoms with van der Waals surface area (Å²) in [6, 6.07) is 18.5.